The van der Waals surface area contributed by atoms with Gasteiger partial charge in [0.05, 0.1) is 11.1 Å². The molecular formula is C15H20Cl3FN2O3S. The van der Waals surface area contributed by atoms with Crippen LogP contribution in [-0.4, -0.2) is 38.4 Å². The van der Waals surface area contributed by atoms with Gasteiger partial charge in [-0.15, -0.1) is 12.4 Å². The molecule has 0 saturated carbocycles. The Balaban J connectivity index is 0.00000312. The Kier molecular flexibility index (Phi) is 7.53. The van der Waals surface area contributed by atoms with Gasteiger partial charge in [0.25, 0.3) is 0 Å². The number of hydrogen-bond acceptors (Lipinski definition) is 4. The molecule has 0 spiro atoms. The molecule has 25 heavy (non-hydrogen) atoms. The minimum Gasteiger partial charge on any atom is -0.348 e. The molecule has 1 aliphatic rings. The molecule has 1 amide bonds. The van der Waals surface area contributed by atoms with E-state index in [4.69, 9.17) is 23.2 Å². The van der Waals surface area contributed by atoms with Crippen LogP contribution in [-0.2, 0) is 14.6 Å². The lowest BCUT2D eigenvalue weighted by Gasteiger charge is -2.35. The predicted molar refractivity (Wildman–Crippen MR) is 99.9 cm³/mol. The van der Waals surface area contributed by atoms with Gasteiger partial charge in [-0.3, -0.25) is 4.79 Å². The summed E-state index contributed by atoms with van der Waals surface area (Å²) >= 11 is 11.7. The van der Waals surface area contributed by atoms with Crippen LogP contribution >= 0.6 is 35.6 Å². The van der Waals surface area contributed by atoms with Gasteiger partial charge in [-0.1, -0.05) is 23.2 Å². The second-order valence-electron chi connectivity index (χ2n) is 6.00. The summed E-state index contributed by atoms with van der Waals surface area (Å²) in [4.78, 5) is 12.7. The van der Waals surface area contributed by atoms with Gasteiger partial charge in [0.15, 0.2) is 14.6 Å². The third kappa shape index (κ3) is 4.57. The monoisotopic (exact) mass is 432 g/mol. The molecule has 10 heteroatoms. The Morgan fingerprint density at radius 1 is 1.28 bits per heavy atom. The Labute approximate surface area is 163 Å². The molecule has 142 valence electrons. The summed E-state index contributed by atoms with van der Waals surface area (Å²) < 4.78 is 36.7. The number of hydrogen-bond donors (Lipinski definition) is 2. The molecule has 2 rings (SSSR count). The standard InChI is InChI=1S/C15H19Cl2FN2O3S.ClH/c1-9(10-7-13(18)12(17)8-11(10)16)20-14(21)15(24(2,22)23)3-5-19-6-4-15;/h7-9,19H,3-6H2,1-2H3,(H,20,21);1H. The molecular weight excluding hydrogens is 414 g/mol. The molecule has 1 unspecified atom stereocenters. The first-order valence-electron chi connectivity index (χ1n) is 7.44. The van der Waals surface area contributed by atoms with Crippen LogP contribution in [0.4, 0.5) is 4.39 Å². The average Bonchev–Trinajstić information content (AvgIpc) is 2.50. The zero-order valence-corrected chi connectivity index (χ0v) is 16.9. The molecule has 1 atom stereocenters. The number of halogens is 4. The fraction of sp³-hybridized carbons (Fsp3) is 0.533. The molecule has 1 aromatic rings. The van der Waals surface area contributed by atoms with Gasteiger partial charge in [-0.2, -0.15) is 0 Å². The highest BCUT2D eigenvalue weighted by Gasteiger charge is 2.48. The number of carbonyl (C=O) groups is 1. The minimum atomic E-state index is -3.62. The highest BCUT2D eigenvalue weighted by molar-refractivity contribution is 7.92. The number of amides is 1. The molecule has 0 radical (unpaired) electrons. The third-order valence-electron chi connectivity index (χ3n) is 4.39. The van der Waals surface area contributed by atoms with Gasteiger partial charge < -0.3 is 10.6 Å². The van der Waals surface area contributed by atoms with Crippen LogP contribution in [0.2, 0.25) is 10.0 Å². The van der Waals surface area contributed by atoms with E-state index in [1.807, 2.05) is 0 Å². The van der Waals surface area contributed by atoms with Crippen molar-refractivity contribution in [2.75, 3.05) is 19.3 Å². The lowest BCUT2D eigenvalue weighted by molar-refractivity contribution is -0.125. The van der Waals surface area contributed by atoms with E-state index in [-0.39, 0.29) is 35.3 Å². The minimum absolute atomic E-state index is 0. The predicted octanol–water partition coefficient (Wildman–Crippen LogP) is 2.90. The number of benzene rings is 1. The van der Waals surface area contributed by atoms with Crippen LogP contribution in [0.25, 0.3) is 0 Å². The second kappa shape index (κ2) is 8.39. The highest BCUT2D eigenvalue weighted by Crippen LogP contribution is 2.32. The first-order valence-corrected chi connectivity index (χ1v) is 10.1. The van der Waals surface area contributed by atoms with E-state index in [2.05, 4.69) is 10.6 Å². The average molecular weight is 434 g/mol. The number of rotatable bonds is 4. The Bertz CT molecular complexity index is 753. The van der Waals surface area contributed by atoms with E-state index in [1.165, 1.54) is 6.07 Å². The number of carbonyl (C=O) groups excluding carboxylic acids is 1. The van der Waals surface area contributed by atoms with E-state index in [0.29, 0.717) is 18.7 Å². The summed E-state index contributed by atoms with van der Waals surface area (Å²) in [6, 6.07) is 1.74. The number of sulfone groups is 1. The first-order chi connectivity index (χ1) is 11.1. The summed E-state index contributed by atoms with van der Waals surface area (Å²) in [5.74, 6) is -1.25. The topological polar surface area (TPSA) is 75.3 Å². The van der Waals surface area contributed by atoms with Crippen molar-refractivity contribution in [1.29, 1.82) is 0 Å². The fourth-order valence-electron chi connectivity index (χ4n) is 2.87. The van der Waals surface area contributed by atoms with Gasteiger partial charge in [-0.05, 0) is 50.6 Å². The maximum atomic E-state index is 13.7. The number of piperidine rings is 1. The van der Waals surface area contributed by atoms with E-state index < -0.39 is 32.4 Å². The summed E-state index contributed by atoms with van der Waals surface area (Å²) in [6.45, 7) is 2.49. The summed E-state index contributed by atoms with van der Waals surface area (Å²) in [6.07, 6.45) is 1.44. The maximum absolute atomic E-state index is 13.7. The van der Waals surface area contributed by atoms with E-state index in [0.717, 1.165) is 12.3 Å². The zero-order chi connectivity index (χ0) is 18.1. The molecule has 1 heterocycles. The van der Waals surface area contributed by atoms with Crippen molar-refractivity contribution in [1.82, 2.24) is 10.6 Å². The van der Waals surface area contributed by atoms with Crippen molar-refractivity contribution >= 4 is 51.4 Å². The molecule has 1 saturated heterocycles. The highest BCUT2D eigenvalue weighted by atomic mass is 35.5. The van der Waals surface area contributed by atoms with Gasteiger partial charge in [0.1, 0.15) is 5.82 Å². The molecule has 1 fully saturated rings. The van der Waals surface area contributed by atoms with Crippen LogP contribution in [0.1, 0.15) is 31.4 Å². The quantitative estimate of drug-likeness (QED) is 0.716. The first kappa shape index (κ1) is 22.4. The molecule has 5 nitrogen and oxygen atoms in total. The van der Waals surface area contributed by atoms with E-state index >= 15 is 0 Å². The van der Waals surface area contributed by atoms with Crippen LogP contribution in [0.15, 0.2) is 12.1 Å². The fourth-order valence-corrected chi connectivity index (χ4v) is 4.76. The van der Waals surface area contributed by atoms with E-state index in [9.17, 15) is 17.6 Å². The van der Waals surface area contributed by atoms with Crippen LogP contribution in [0, 0.1) is 5.82 Å². The molecule has 1 aliphatic heterocycles. The van der Waals surface area contributed by atoms with Crippen LogP contribution in [0.3, 0.4) is 0 Å². The van der Waals surface area contributed by atoms with Gasteiger partial charge in [0, 0.05) is 11.3 Å². The smallest absolute Gasteiger partial charge is 0.242 e. The van der Waals surface area contributed by atoms with Crippen molar-refractivity contribution in [3.05, 3.63) is 33.6 Å². The Morgan fingerprint density at radius 3 is 2.36 bits per heavy atom. The largest absolute Gasteiger partial charge is 0.348 e. The molecule has 1 aromatic carbocycles. The Hall–Kier alpha value is -0.600. The normalized spacial score (nSPS) is 18.1. The lowest BCUT2D eigenvalue weighted by atomic mass is 9.95. The molecule has 0 aromatic heterocycles. The van der Waals surface area contributed by atoms with Gasteiger partial charge in [0.2, 0.25) is 5.91 Å². The van der Waals surface area contributed by atoms with Crippen LogP contribution in [0.5, 0.6) is 0 Å². The number of nitrogens with one attached hydrogen (secondary N) is 2. The van der Waals surface area contributed by atoms with E-state index in [1.54, 1.807) is 6.92 Å². The molecule has 2 N–H and O–H groups in total. The SMILES string of the molecule is CC(NC(=O)C1(S(C)(=O)=O)CCNCC1)c1cc(F)c(Cl)cc1Cl.Cl. The van der Waals surface area contributed by atoms with Gasteiger partial charge >= 0.3 is 0 Å². The maximum Gasteiger partial charge on any atom is 0.242 e. The molecule has 0 aliphatic carbocycles. The van der Waals surface area contributed by atoms with Crippen molar-refractivity contribution in [3.8, 4) is 0 Å². The Morgan fingerprint density at radius 2 is 1.84 bits per heavy atom. The van der Waals surface area contributed by atoms with Crippen molar-refractivity contribution in [2.24, 2.45) is 0 Å². The van der Waals surface area contributed by atoms with Crippen molar-refractivity contribution < 1.29 is 17.6 Å². The summed E-state index contributed by atoms with van der Waals surface area (Å²) in [5.41, 5.74) is 0.338. The summed E-state index contributed by atoms with van der Waals surface area (Å²) in [5, 5.41) is 5.79. The summed E-state index contributed by atoms with van der Waals surface area (Å²) in [7, 11) is -3.62. The lowest BCUT2D eigenvalue weighted by Crippen LogP contribution is -2.57. The van der Waals surface area contributed by atoms with Gasteiger partial charge in [-0.25, -0.2) is 12.8 Å². The zero-order valence-electron chi connectivity index (χ0n) is 13.7. The second-order valence-corrected chi connectivity index (χ2v) is 9.14. The van der Waals surface area contributed by atoms with Crippen molar-refractivity contribution in [2.45, 2.75) is 30.6 Å². The molecule has 0 bridgehead atoms. The third-order valence-corrected chi connectivity index (χ3v) is 7.02. The van der Waals surface area contributed by atoms with Crippen molar-refractivity contribution in [3.63, 3.8) is 0 Å². The van der Waals surface area contributed by atoms with Crippen LogP contribution < -0.4 is 10.6 Å².